The zero-order chi connectivity index (χ0) is 20.4. The van der Waals surface area contributed by atoms with Crippen molar-refractivity contribution in [1.82, 2.24) is 9.80 Å². The summed E-state index contributed by atoms with van der Waals surface area (Å²) in [5.41, 5.74) is 5.77. The van der Waals surface area contributed by atoms with Gasteiger partial charge in [0, 0.05) is 25.2 Å². The van der Waals surface area contributed by atoms with Crippen LogP contribution in [0.25, 0.3) is 0 Å². The van der Waals surface area contributed by atoms with Gasteiger partial charge in [-0.05, 0) is 44.0 Å². The van der Waals surface area contributed by atoms with E-state index in [1.54, 1.807) is 9.80 Å². The first kappa shape index (κ1) is 24.1. The highest BCUT2D eigenvalue weighted by Gasteiger charge is 2.39. The van der Waals surface area contributed by atoms with Gasteiger partial charge in [0.05, 0.1) is 11.6 Å². The Hall–Kier alpha value is -1.93. The summed E-state index contributed by atoms with van der Waals surface area (Å²) < 4.78 is 28.8. The number of piperazine rings is 1. The molecule has 1 fully saturated rings. The van der Waals surface area contributed by atoms with Crippen LogP contribution in [0.5, 0.6) is 5.75 Å². The molecule has 1 saturated heterocycles. The third kappa shape index (κ3) is 5.54. The average Bonchev–Trinajstić information content (AvgIpc) is 2.59. The maximum absolute atomic E-state index is 12.9. The van der Waals surface area contributed by atoms with Crippen LogP contribution in [0.15, 0.2) is 24.3 Å². The maximum atomic E-state index is 12.9. The van der Waals surface area contributed by atoms with Gasteiger partial charge in [-0.3, -0.25) is 9.59 Å². The highest BCUT2D eigenvalue weighted by atomic mass is 35.5. The zero-order valence-corrected chi connectivity index (χ0v) is 17.3. The van der Waals surface area contributed by atoms with E-state index >= 15 is 0 Å². The summed E-state index contributed by atoms with van der Waals surface area (Å²) >= 11 is 0. The van der Waals surface area contributed by atoms with Crippen LogP contribution in [0.3, 0.4) is 0 Å². The minimum absolute atomic E-state index is 0. The molecule has 0 unspecified atom stereocenters. The first-order valence-corrected chi connectivity index (χ1v) is 8.94. The Labute approximate surface area is 170 Å². The molecule has 2 rings (SSSR count). The van der Waals surface area contributed by atoms with Gasteiger partial charge in [0.25, 0.3) is 5.91 Å². The quantitative estimate of drug-likeness (QED) is 0.796. The fourth-order valence-electron chi connectivity index (χ4n) is 3.15. The van der Waals surface area contributed by atoms with E-state index in [9.17, 15) is 18.4 Å². The molecule has 1 aliphatic rings. The van der Waals surface area contributed by atoms with Crippen molar-refractivity contribution in [3.63, 3.8) is 0 Å². The van der Waals surface area contributed by atoms with Crippen molar-refractivity contribution >= 4 is 24.2 Å². The molecule has 28 heavy (non-hydrogen) atoms. The van der Waals surface area contributed by atoms with Crippen molar-refractivity contribution < 1.29 is 23.1 Å². The van der Waals surface area contributed by atoms with E-state index in [1.165, 1.54) is 24.3 Å². The van der Waals surface area contributed by atoms with Crippen LogP contribution in [0, 0.1) is 5.92 Å². The van der Waals surface area contributed by atoms with E-state index in [0.29, 0.717) is 25.2 Å². The Kier molecular flexibility index (Phi) is 8.19. The molecule has 0 aliphatic carbocycles. The molecule has 158 valence electrons. The van der Waals surface area contributed by atoms with Crippen LogP contribution in [0.4, 0.5) is 8.78 Å². The van der Waals surface area contributed by atoms with Crippen molar-refractivity contribution in [3.8, 4) is 5.75 Å². The number of halogens is 3. The van der Waals surface area contributed by atoms with Gasteiger partial charge >= 0.3 is 6.61 Å². The number of nitrogens with zero attached hydrogens (tertiary/aromatic N) is 2. The van der Waals surface area contributed by atoms with Gasteiger partial charge in [-0.2, -0.15) is 8.78 Å². The van der Waals surface area contributed by atoms with E-state index in [1.807, 2.05) is 27.7 Å². The Morgan fingerprint density at radius 1 is 1.14 bits per heavy atom. The van der Waals surface area contributed by atoms with E-state index in [0.717, 1.165) is 0 Å². The third-order valence-corrected chi connectivity index (χ3v) is 4.79. The molecule has 1 aliphatic heterocycles. The third-order valence-electron chi connectivity index (χ3n) is 4.79. The Morgan fingerprint density at radius 3 is 2.18 bits per heavy atom. The lowest BCUT2D eigenvalue weighted by Crippen LogP contribution is -2.64. The van der Waals surface area contributed by atoms with Crippen molar-refractivity contribution in [2.45, 2.75) is 45.9 Å². The SMILES string of the molecule is CC(C)[C@H](N)C(=O)N1CCN(C(=O)c2ccc(OC(F)F)cc2)C(C)(C)C1.Cl. The molecule has 1 atom stereocenters. The van der Waals surface area contributed by atoms with E-state index in [-0.39, 0.29) is 35.9 Å². The second-order valence-electron chi connectivity index (χ2n) is 7.70. The van der Waals surface area contributed by atoms with E-state index < -0.39 is 18.2 Å². The van der Waals surface area contributed by atoms with Gasteiger partial charge in [0.15, 0.2) is 0 Å². The number of hydrogen-bond donors (Lipinski definition) is 1. The van der Waals surface area contributed by atoms with Crippen LogP contribution in [0.2, 0.25) is 0 Å². The first-order valence-electron chi connectivity index (χ1n) is 8.94. The van der Waals surface area contributed by atoms with Gasteiger partial charge in [-0.25, -0.2) is 0 Å². The van der Waals surface area contributed by atoms with Crippen LogP contribution in [0.1, 0.15) is 38.1 Å². The zero-order valence-electron chi connectivity index (χ0n) is 16.5. The normalized spacial score (nSPS) is 17.3. The van der Waals surface area contributed by atoms with Crippen molar-refractivity contribution in [3.05, 3.63) is 29.8 Å². The van der Waals surface area contributed by atoms with Gasteiger partial charge < -0.3 is 20.3 Å². The topological polar surface area (TPSA) is 75.9 Å². The predicted molar refractivity (Wildman–Crippen MR) is 105 cm³/mol. The second-order valence-corrected chi connectivity index (χ2v) is 7.70. The smallest absolute Gasteiger partial charge is 0.387 e. The molecule has 0 bridgehead atoms. The predicted octanol–water partition coefficient (Wildman–Crippen LogP) is 2.76. The Morgan fingerprint density at radius 2 is 1.71 bits per heavy atom. The van der Waals surface area contributed by atoms with Gasteiger partial charge in [-0.1, -0.05) is 13.8 Å². The minimum atomic E-state index is -2.91. The molecule has 0 radical (unpaired) electrons. The largest absolute Gasteiger partial charge is 0.435 e. The summed E-state index contributed by atoms with van der Waals surface area (Å²) in [4.78, 5) is 28.8. The van der Waals surface area contributed by atoms with E-state index in [4.69, 9.17) is 5.73 Å². The van der Waals surface area contributed by atoms with Gasteiger partial charge in [0.1, 0.15) is 5.75 Å². The summed E-state index contributed by atoms with van der Waals surface area (Å²) in [6, 6.07) is 5.04. The van der Waals surface area contributed by atoms with Crippen molar-refractivity contribution in [2.24, 2.45) is 11.7 Å². The molecule has 1 heterocycles. The fourth-order valence-corrected chi connectivity index (χ4v) is 3.15. The van der Waals surface area contributed by atoms with Gasteiger partial charge in [-0.15, -0.1) is 12.4 Å². The molecular weight excluding hydrogens is 392 g/mol. The van der Waals surface area contributed by atoms with Crippen LogP contribution >= 0.6 is 12.4 Å². The molecule has 9 heteroatoms. The lowest BCUT2D eigenvalue weighted by atomic mass is 9.95. The molecule has 2 amide bonds. The molecule has 6 nitrogen and oxygen atoms in total. The molecule has 1 aromatic carbocycles. The average molecular weight is 420 g/mol. The van der Waals surface area contributed by atoms with Crippen molar-refractivity contribution in [2.75, 3.05) is 19.6 Å². The summed E-state index contributed by atoms with van der Waals surface area (Å²) in [7, 11) is 0. The lowest BCUT2D eigenvalue weighted by molar-refractivity contribution is -0.137. The standard InChI is InChI=1S/C19H27F2N3O3.ClH/c1-12(2)15(22)17(26)23-9-10-24(19(3,4)11-23)16(25)13-5-7-14(8-6-13)27-18(20)21;/h5-8,12,15,18H,9-11,22H2,1-4H3;1H/t15-;/m0./s1. The number of carbonyl (C=O) groups excluding carboxylic acids is 2. The number of nitrogens with two attached hydrogens (primary N) is 1. The molecule has 2 N–H and O–H groups in total. The van der Waals surface area contributed by atoms with Crippen LogP contribution < -0.4 is 10.5 Å². The highest BCUT2D eigenvalue weighted by molar-refractivity contribution is 5.95. The molecule has 0 spiro atoms. The van der Waals surface area contributed by atoms with Gasteiger partial charge in [0.2, 0.25) is 5.91 Å². The summed E-state index contributed by atoms with van der Waals surface area (Å²) in [6.07, 6.45) is 0. The molecule has 0 saturated carbocycles. The molecular formula is C19H28ClF2N3O3. The number of rotatable bonds is 5. The first-order chi connectivity index (χ1) is 12.5. The summed E-state index contributed by atoms with van der Waals surface area (Å²) in [6.45, 7) is 5.82. The van der Waals surface area contributed by atoms with Crippen LogP contribution in [-0.4, -0.2) is 59.4 Å². The molecule has 0 aromatic heterocycles. The number of ether oxygens (including phenoxy) is 1. The Bertz CT molecular complexity index is 684. The second kappa shape index (κ2) is 9.52. The summed E-state index contributed by atoms with van der Waals surface area (Å²) in [5.74, 6) is -0.296. The van der Waals surface area contributed by atoms with Crippen molar-refractivity contribution in [1.29, 1.82) is 0 Å². The number of alkyl halides is 2. The monoisotopic (exact) mass is 419 g/mol. The van der Waals surface area contributed by atoms with Crippen LogP contribution in [-0.2, 0) is 4.79 Å². The summed E-state index contributed by atoms with van der Waals surface area (Å²) in [5, 5.41) is 0. The lowest BCUT2D eigenvalue weighted by Gasteiger charge is -2.47. The number of amides is 2. The highest BCUT2D eigenvalue weighted by Crippen LogP contribution is 2.25. The molecule has 1 aromatic rings. The maximum Gasteiger partial charge on any atom is 0.387 e. The minimum Gasteiger partial charge on any atom is -0.435 e. The van der Waals surface area contributed by atoms with E-state index in [2.05, 4.69) is 4.74 Å². The number of hydrogen-bond acceptors (Lipinski definition) is 4. The number of carbonyl (C=O) groups is 2. The fraction of sp³-hybridized carbons (Fsp3) is 0.579. The Balaban J connectivity index is 0.00000392. The number of benzene rings is 1.